The molecule has 9 heteroatoms. The number of carbonyl (C=O) groups is 1. The zero-order valence-corrected chi connectivity index (χ0v) is 16.3. The molecule has 0 fully saturated rings. The van der Waals surface area contributed by atoms with Crippen LogP contribution in [0.3, 0.4) is 0 Å². The Labute approximate surface area is 165 Å². The highest BCUT2D eigenvalue weighted by Crippen LogP contribution is 2.45. The predicted molar refractivity (Wildman–Crippen MR) is 100 cm³/mol. The number of alkyl halides is 3. The molecule has 1 unspecified atom stereocenters. The molecule has 148 valence electrons. The van der Waals surface area contributed by atoms with Gasteiger partial charge in [0.05, 0.1) is 27.7 Å². The van der Waals surface area contributed by atoms with E-state index in [0.717, 1.165) is 12.1 Å². The Bertz CT molecular complexity index is 790. The van der Waals surface area contributed by atoms with Gasteiger partial charge in [0, 0.05) is 31.5 Å². The highest BCUT2D eigenvalue weighted by Gasteiger charge is 2.39. The average molecular weight is 423 g/mol. The van der Waals surface area contributed by atoms with Gasteiger partial charge in [-0.05, 0) is 31.8 Å². The lowest BCUT2D eigenvalue weighted by molar-refractivity contribution is -0.138. The van der Waals surface area contributed by atoms with Gasteiger partial charge in [0.2, 0.25) is 0 Å². The van der Waals surface area contributed by atoms with E-state index in [1.54, 1.807) is 0 Å². The van der Waals surface area contributed by atoms with E-state index in [-0.39, 0.29) is 39.8 Å². The number of aliphatic hydroxyl groups excluding tert-OH is 1. The summed E-state index contributed by atoms with van der Waals surface area (Å²) in [5, 5.41) is 9.95. The molecule has 0 saturated heterocycles. The third-order valence-corrected chi connectivity index (χ3v) is 5.04. The number of ketones is 1. The Morgan fingerprint density at radius 1 is 1.30 bits per heavy atom. The van der Waals surface area contributed by atoms with Crippen molar-refractivity contribution in [2.24, 2.45) is 4.99 Å². The van der Waals surface area contributed by atoms with E-state index >= 15 is 0 Å². The first-order valence-electron chi connectivity index (χ1n) is 8.17. The van der Waals surface area contributed by atoms with Gasteiger partial charge >= 0.3 is 6.18 Å². The summed E-state index contributed by atoms with van der Waals surface area (Å²) in [5.74, 6) is -1.70. The summed E-state index contributed by atoms with van der Waals surface area (Å²) in [5.41, 5.74) is -1.19. The SMILES string of the molecule is CN(C)CCN=CC1=C(O)CC(c2c(C(F)(F)F)ccc(Cl)c2Cl)CC1=O. The predicted octanol–water partition coefficient (Wildman–Crippen LogP) is 4.90. The molecule has 0 aliphatic heterocycles. The van der Waals surface area contributed by atoms with Crippen molar-refractivity contribution in [1.29, 1.82) is 0 Å². The number of allylic oxidation sites excluding steroid dienone is 2. The van der Waals surface area contributed by atoms with Crippen LogP contribution < -0.4 is 0 Å². The lowest BCUT2D eigenvalue weighted by atomic mass is 9.81. The van der Waals surface area contributed by atoms with E-state index in [1.807, 2.05) is 19.0 Å². The number of hydrogen-bond acceptors (Lipinski definition) is 4. The molecule has 27 heavy (non-hydrogen) atoms. The Kier molecular flexibility index (Phi) is 6.94. The zero-order valence-electron chi connectivity index (χ0n) is 14.8. The van der Waals surface area contributed by atoms with Gasteiger partial charge in [0.25, 0.3) is 0 Å². The summed E-state index contributed by atoms with van der Waals surface area (Å²) < 4.78 is 40.1. The fourth-order valence-corrected chi connectivity index (χ4v) is 3.37. The zero-order chi connectivity index (χ0) is 20.4. The first-order valence-corrected chi connectivity index (χ1v) is 8.93. The molecule has 4 nitrogen and oxygen atoms in total. The molecule has 1 aromatic rings. The molecule has 0 spiro atoms. The molecule has 1 aliphatic carbocycles. The van der Waals surface area contributed by atoms with E-state index in [0.29, 0.717) is 13.1 Å². The molecular formula is C18H19Cl2F3N2O2. The van der Waals surface area contributed by atoms with Crippen LogP contribution >= 0.6 is 23.2 Å². The van der Waals surface area contributed by atoms with Crippen LogP contribution in [0.2, 0.25) is 10.0 Å². The quantitative estimate of drug-likeness (QED) is 0.686. The highest BCUT2D eigenvalue weighted by atomic mass is 35.5. The maximum absolute atomic E-state index is 13.4. The van der Waals surface area contributed by atoms with Gasteiger partial charge in [0.15, 0.2) is 5.78 Å². The van der Waals surface area contributed by atoms with Crippen molar-refractivity contribution in [1.82, 2.24) is 4.90 Å². The topological polar surface area (TPSA) is 52.9 Å². The van der Waals surface area contributed by atoms with Crippen LogP contribution in [-0.2, 0) is 11.0 Å². The highest BCUT2D eigenvalue weighted by molar-refractivity contribution is 6.42. The Hall–Kier alpha value is -1.57. The van der Waals surface area contributed by atoms with Crippen molar-refractivity contribution in [2.75, 3.05) is 27.2 Å². The molecule has 1 aliphatic rings. The largest absolute Gasteiger partial charge is 0.511 e. The molecule has 0 radical (unpaired) electrons. The third-order valence-electron chi connectivity index (χ3n) is 4.23. The van der Waals surface area contributed by atoms with Crippen molar-refractivity contribution in [2.45, 2.75) is 24.9 Å². The van der Waals surface area contributed by atoms with Crippen molar-refractivity contribution >= 4 is 35.2 Å². The third kappa shape index (κ3) is 5.24. The van der Waals surface area contributed by atoms with Crippen molar-refractivity contribution in [3.63, 3.8) is 0 Å². The molecule has 0 heterocycles. The van der Waals surface area contributed by atoms with Gasteiger partial charge in [-0.15, -0.1) is 0 Å². The molecule has 0 saturated carbocycles. The first-order chi connectivity index (χ1) is 12.5. The molecule has 0 aromatic heterocycles. The van der Waals surface area contributed by atoms with E-state index in [4.69, 9.17) is 23.2 Å². The molecule has 1 N–H and O–H groups in total. The average Bonchev–Trinajstić information content (AvgIpc) is 2.54. The molecule has 0 bridgehead atoms. The van der Waals surface area contributed by atoms with Crippen molar-refractivity contribution in [3.05, 3.63) is 44.6 Å². The minimum atomic E-state index is -4.65. The lowest BCUT2D eigenvalue weighted by Crippen LogP contribution is -2.22. The second-order valence-corrected chi connectivity index (χ2v) is 7.33. The lowest BCUT2D eigenvalue weighted by Gasteiger charge is -2.26. The summed E-state index contributed by atoms with van der Waals surface area (Å²) in [7, 11) is 3.74. The number of benzene rings is 1. The number of aliphatic hydroxyl groups is 1. The standard InChI is InChI=1S/C18H19Cl2F3N2O2/c1-25(2)6-5-24-9-11-14(26)7-10(8-15(11)27)16-12(18(21,22)23)3-4-13(19)17(16)20/h3-4,9-10,26H,5-8H2,1-2H3. The van der Waals surface area contributed by atoms with Gasteiger partial charge in [-0.1, -0.05) is 23.2 Å². The van der Waals surface area contributed by atoms with Crippen molar-refractivity contribution in [3.8, 4) is 0 Å². The maximum Gasteiger partial charge on any atom is 0.416 e. The smallest absolute Gasteiger partial charge is 0.416 e. The summed E-state index contributed by atoms with van der Waals surface area (Å²) in [4.78, 5) is 18.4. The van der Waals surface area contributed by atoms with Gasteiger partial charge in [0.1, 0.15) is 5.76 Å². The fourth-order valence-electron chi connectivity index (χ4n) is 2.89. The molecule has 0 amide bonds. The van der Waals surface area contributed by atoms with Gasteiger partial charge in [-0.2, -0.15) is 13.2 Å². The van der Waals surface area contributed by atoms with Crippen LogP contribution in [0.4, 0.5) is 13.2 Å². The fraction of sp³-hybridized carbons (Fsp3) is 0.444. The Balaban J connectivity index is 2.34. The van der Waals surface area contributed by atoms with Crippen LogP contribution in [0.15, 0.2) is 28.5 Å². The number of carbonyl (C=O) groups excluding carboxylic acids is 1. The Morgan fingerprint density at radius 2 is 1.96 bits per heavy atom. The Morgan fingerprint density at radius 3 is 2.52 bits per heavy atom. The van der Waals surface area contributed by atoms with Crippen molar-refractivity contribution < 1.29 is 23.1 Å². The maximum atomic E-state index is 13.4. The number of rotatable bonds is 5. The van der Waals surface area contributed by atoms with E-state index in [2.05, 4.69) is 4.99 Å². The monoisotopic (exact) mass is 422 g/mol. The summed E-state index contributed by atoms with van der Waals surface area (Å²) in [6.07, 6.45) is -3.74. The number of likely N-dealkylation sites (N-methyl/N-ethyl adjacent to an activating group) is 1. The first kappa shape index (κ1) is 21.7. The molecule has 1 aromatic carbocycles. The molecule has 1 atom stereocenters. The van der Waals surface area contributed by atoms with E-state index in [9.17, 15) is 23.1 Å². The van der Waals surface area contributed by atoms with E-state index in [1.165, 1.54) is 6.21 Å². The minimum absolute atomic E-state index is 0.0247. The number of nitrogens with zero attached hydrogens (tertiary/aromatic N) is 2. The van der Waals surface area contributed by atoms with E-state index < -0.39 is 23.4 Å². The number of hydrogen-bond donors (Lipinski definition) is 1. The van der Waals surface area contributed by atoms with Crippen LogP contribution in [0.5, 0.6) is 0 Å². The number of halogens is 5. The normalized spacial score (nSPS) is 18.8. The van der Waals surface area contributed by atoms with Crippen LogP contribution in [0.1, 0.15) is 29.9 Å². The van der Waals surface area contributed by atoms with Crippen LogP contribution in [0, 0.1) is 0 Å². The number of aliphatic imine (C=N–C) groups is 1. The summed E-state index contributed by atoms with van der Waals surface area (Å²) in [6.45, 7) is 1.09. The van der Waals surface area contributed by atoms with Gasteiger partial charge in [-0.3, -0.25) is 9.79 Å². The molecular weight excluding hydrogens is 404 g/mol. The van der Waals surface area contributed by atoms with Crippen LogP contribution in [-0.4, -0.2) is 49.2 Å². The molecule has 2 rings (SSSR count). The summed E-state index contributed by atoms with van der Waals surface area (Å²) in [6, 6.07) is 1.91. The van der Waals surface area contributed by atoms with Gasteiger partial charge in [-0.25, -0.2) is 0 Å². The number of Topliss-reactive ketones (excluding diaryl/α,β-unsaturated/α-hetero) is 1. The second kappa shape index (κ2) is 8.63. The minimum Gasteiger partial charge on any atom is -0.511 e. The summed E-state index contributed by atoms with van der Waals surface area (Å²) >= 11 is 11.9. The second-order valence-electron chi connectivity index (χ2n) is 6.55. The van der Waals surface area contributed by atoms with Crippen LogP contribution in [0.25, 0.3) is 0 Å². The van der Waals surface area contributed by atoms with Gasteiger partial charge < -0.3 is 10.0 Å².